The van der Waals surface area contributed by atoms with E-state index in [2.05, 4.69) is 48.5 Å². The highest BCUT2D eigenvalue weighted by molar-refractivity contribution is 5.40. The van der Waals surface area contributed by atoms with Crippen LogP contribution in [0.2, 0.25) is 0 Å². The molecule has 1 aromatic rings. The van der Waals surface area contributed by atoms with E-state index in [1.807, 2.05) is 0 Å². The van der Waals surface area contributed by atoms with Gasteiger partial charge in [0, 0.05) is 11.4 Å². The van der Waals surface area contributed by atoms with Gasteiger partial charge in [0.15, 0.2) is 0 Å². The van der Waals surface area contributed by atoms with E-state index in [0.717, 1.165) is 0 Å². The first-order chi connectivity index (χ1) is 6.86. The minimum atomic E-state index is 0.516. The molecule has 1 heteroatoms. The van der Waals surface area contributed by atoms with Crippen LogP contribution in [0.25, 0.3) is 0 Å². The maximum absolute atomic E-state index is 4.83. The lowest BCUT2D eigenvalue weighted by molar-refractivity contribution is 0.745. The van der Waals surface area contributed by atoms with E-state index in [0.29, 0.717) is 11.8 Å². The zero-order valence-electron chi connectivity index (χ0n) is 11.1. The molecule has 0 bridgehead atoms. The highest BCUT2D eigenvalue weighted by Gasteiger charge is 2.15. The van der Waals surface area contributed by atoms with Crippen LogP contribution in [-0.4, -0.2) is 4.98 Å². The maximum atomic E-state index is 4.83. The van der Waals surface area contributed by atoms with Crippen molar-refractivity contribution in [2.75, 3.05) is 0 Å². The standard InChI is InChI=1S/C14H23N/c1-8(2)13-11(6)10(5)12(7)14(15-13)9(3)4/h8-9H,1-7H3. The molecule has 0 aliphatic carbocycles. The quantitative estimate of drug-likeness (QED) is 0.703. The van der Waals surface area contributed by atoms with Crippen molar-refractivity contribution in [3.8, 4) is 0 Å². The number of rotatable bonds is 2. The minimum Gasteiger partial charge on any atom is -0.257 e. The van der Waals surface area contributed by atoms with Crippen molar-refractivity contribution < 1.29 is 0 Å². The molecule has 15 heavy (non-hydrogen) atoms. The number of pyridine rings is 1. The Morgan fingerprint density at radius 3 is 1.27 bits per heavy atom. The van der Waals surface area contributed by atoms with Gasteiger partial charge in [-0.3, -0.25) is 4.98 Å². The molecule has 0 saturated heterocycles. The second-order valence-corrected chi connectivity index (χ2v) is 5.07. The zero-order valence-corrected chi connectivity index (χ0v) is 11.1. The molecule has 0 radical (unpaired) electrons. The van der Waals surface area contributed by atoms with Crippen LogP contribution in [0.4, 0.5) is 0 Å². The predicted molar refractivity (Wildman–Crippen MR) is 66.6 cm³/mol. The van der Waals surface area contributed by atoms with Crippen molar-refractivity contribution >= 4 is 0 Å². The predicted octanol–water partition coefficient (Wildman–Crippen LogP) is 4.25. The average Bonchev–Trinajstić information content (AvgIpc) is 2.13. The monoisotopic (exact) mass is 205 g/mol. The van der Waals surface area contributed by atoms with E-state index in [-0.39, 0.29) is 0 Å². The summed E-state index contributed by atoms with van der Waals surface area (Å²) in [7, 11) is 0. The van der Waals surface area contributed by atoms with Crippen molar-refractivity contribution in [3.05, 3.63) is 28.1 Å². The fourth-order valence-electron chi connectivity index (χ4n) is 2.09. The summed E-state index contributed by atoms with van der Waals surface area (Å²) >= 11 is 0. The van der Waals surface area contributed by atoms with Gasteiger partial charge in [-0.15, -0.1) is 0 Å². The van der Waals surface area contributed by atoms with Crippen molar-refractivity contribution in [2.45, 2.75) is 60.3 Å². The Morgan fingerprint density at radius 1 is 0.667 bits per heavy atom. The van der Waals surface area contributed by atoms with Crippen LogP contribution >= 0.6 is 0 Å². The lowest BCUT2D eigenvalue weighted by Gasteiger charge is -2.19. The van der Waals surface area contributed by atoms with E-state index in [1.165, 1.54) is 28.1 Å². The molecule has 84 valence electrons. The van der Waals surface area contributed by atoms with E-state index >= 15 is 0 Å². The van der Waals surface area contributed by atoms with Crippen molar-refractivity contribution in [3.63, 3.8) is 0 Å². The summed E-state index contributed by atoms with van der Waals surface area (Å²) in [4.78, 5) is 4.83. The highest BCUT2D eigenvalue weighted by atomic mass is 14.7. The zero-order chi connectivity index (χ0) is 11.7. The molecule has 0 aliphatic heterocycles. The number of hydrogen-bond acceptors (Lipinski definition) is 1. The Balaban J connectivity index is 3.45. The molecule has 0 N–H and O–H groups in total. The lowest BCUT2D eigenvalue weighted by atomic mass is 9.93. The third-order valence-corrected chi connectivity index (χ3v) is 3.23. The third-order valence-electron chi connectivity index (χ3n) is 3.23. The maximum Gasteiger partial charge on any atom is 0.0464 e. The summed E-state index contributed by atoms with van der Waals surface area (Å²) in [5.74, 6) is 1.03. The molecule has 0 unspecified atom stereocenters. The SMILES string of the molecule is Cc1c(C(C)C)nc(C(C)C)c(C)c1C. The highest BCUT2D eigenvalue weighted by Crippen LogP contribution is 2.27. The summed E-state index contributed by atoms with van der Waals surface area (Å²) in [6.07, 6.45) is 0. The van der Waals surface area contributed by atoms with Gasteiger partial charge in [0.2, 0.25) is 0 Å². The van der Waals surface area contributed by atoms with E-state index in [9.17, 15) is 0 Å². The largest absolute Gasteiger partial charge is 0.257 e. The summed E-state index contributed by atoms with van der Waals surface area (Å²) in [6, 6.07) is 0. The Kier molecular flexibility index (Phi) is 3.54. The minimum absolute atomic E-state index is 0.516. The van der Waals surface area contributed by atoms with Crippen molar-refractivity contribution in [2.24, 2.45) is 0 Å². The number of aromatic nitrogens is 1. The molecule has 0 amide bonds. The van der Waals surface area contributed by atoms with E-state index < -0.39 is 0 Å². The second kappa shape index (κ2) is 4.34. The first-order valence-corrected chi connectivity index (χ1v) is 5.83. The van der Waals surface area contributed by atoms with Crippen LogP contribution in [0.15, 0.2) is 0 Å². The van der Waals surface area contributed by atoms with E-state index in [4.69, 9.17) is 4.98 Å². The smallest absolute Gasteiger partial charge is 0.0464 e. The molecule has 0 fully saturated rings. The van der Waals surface area contributed by atoms with Crippen molar-refractivity contribution in [1.29, 1.82) is 0 Å². The lowest BCUT2D eigenvalue weighted by Crippen LogP contribution is -2.07. The molecule has 1 heterocycles. The second-order valence-electron chi connectivity index (χ2n) is 5.07. The summed E-state index contributed by atoms with van der Waals surface area (Å²) in [5, 5.41) is 0. The number of nitrogens with zero attached hydrogens (tertiary/aromatic N) is 1. The molecule has 1 nitrogen and oxygen atoms in total. The molecule has 0 atom stereocenters. The summed E-state index contributed by atoms with van der Waals surface area (Å²) in [5.41, 5.74) is 6.68. The first-order valence-electron chi connectivity index (χ1n) is 5.83. The van der Waals surface area contributed by atoms with Gasteiger partial charge in [0.05, 0.1) is 0 Å². The Morgan fingerprint density at radius 2 is 1.00 bits per heavy atom. The average molecular weight is 205 g/mol. The molecular formula is C14H23N. The Labute approximate surface area is 93.9 Å². The fraction of sp³-hybridized carbons (Fsp3) is 0.643. The molecule has 1 rings (SSSR count). The van der Waals surface area contributed by atoms with Crippen LogP contribution < -0.4 is 0 Å². The van der Waals surface area contributed by atoms with Gasteiger partial charge < -0.3 is 0 Å². The Bertz CT molecular complexity index is 330. The Hall–Kier alpha value is -0.850. The van der Waals surface area contributed by atoms with Crippen LogP contribution in [-0.2, 0) is 0 Å². The molecule has 0 aromatic carbocycles. The van der Waals surface area contributed by atoms with Crippen molar-refractivity contribution in [1.82, 2.24) is 4.98 Å². The third kappa shape index (κ3) is 2.22. The fourth-order valence-corrected chi connectivity index (χ4v) is 2.09. The molecule has 0 saturated carbocycles. The van der Waals surface area contributed by atoms with Crippen LogP contribution in [0.3, 0.4) is 0 Å². The molecule has 0 aliphatic rings. The molecule has 0 spiro atoms. The molecular weight excluding hydrogens is 182 g/mol. The van der Waals surface area contributed by atoms with Crippen LogP contribution in [0.5, 0.6) is 0 Å². The van der Waals surface area contributed by atoms with Gasteiger partial charge in [-0.05, 0) is 49.3 Å². The normalized spacial score (nSPS) is 11.5. The summed E-state index contributed by atoms with van der Waals surface area (Å²) < 4.78 is 0. The van der Waals surface area contributed by atoms with Gasteiger partial charge in [-0.2, -0.15) is 0 Å². The van der Waals surface area contributed by atoms with Crippen LogP contribution in [0.1, 0.15) is 67.6 Å². The van der Waals surface area contributed by atoms with Crippen LogP contribution in [0, 0.1) is 20.8 Å². The summed E-state index contributed by atoms with van der Waals surface area (Å²) in [6.45, 7) is 15.5. The van der Waals surface area contributed by atoms with Gasteiger partial charge in [0.1, 0.15) is 0 Å². The topological polar surface area (TPSA) is 12.9 Å². The van der Waals surface area contributed by atoms with Gasteiger partial charge in [0.25, 0.3) is 0 Å². The molecule has 1 aromatic heterocycles. The van der Waals surface area contributed by atoms with Gasteiger partial charge in [-0.1, -0.05) is 27.7 Å². The first kappa shape index (κ1) is 12.2. The van der Waals surface area contributed by atoms with E-state index in [1.54, 1.807) is 0 Å². The van der Waals surface area contributed by atoms with Gasteiger partial charge in [-0.25, -0.2) is 0 Å². The van der Waals surface area contributed by atoms with Gasteiger partial charge >= 0.3 is 0 Å². The number of hydrogen-bond donors (Lipinski definition) is 0.